The fourth-order valence-electron chi connectivity index (χ4n) is 4.51. The summed E-state index contributed by atoms with van der Waals surface area (Å²) >= 11 is 0. The topological polar surface area (TPSA) is 46.2 Å². The van der Waals surface area contributed by atoms with Crippen molar-refractivity contribution >= 4 is 0 Å². The molecule has 4 aromatic carbocycles. The first-order valence-electron chi connectivity index (χ1n) is 13.0. The van der Waals surface area contributed by atoms with E-state index in [0.29, 0.717) is 19.8 Å². The zero-order valence-corrected chi connectivity index (χ0v) is 22.6. The molecule has 0 saturated carbocycles. The lowest BCUT2D eigenvalue weighted by atomic mass is 9.80. The predicted molar refractivity (Wildman–Crippen MR) is 154 cm³/mol. The van der Waals surface area contributed by atoms with E-state index in [1.807, 2.05) is 97.1 Å². The van der Waals surface area contributed by atoms with E-state index in [0.717, 1.165) is 33.8 Å². The van der Waals surface area contributed by atoms with Gasteiger partial charge in [0.25, 0.3) is 0 Å². The summed E-state index contributed by atoms with van der Waals surface area (Å²) in [7, 11) is 3.33. The van der Waals surface area contributed by atoms with Crippen LogP contribution in [0, 0.1) is 0 Å². The summed E-state index contributed by atoms with van der Waals surface area (Å²) in [5.41, 5.74) is 3.09. The van der Waals surface area contributed by atoms with Crippen molar-refractivity contribution in [2.24, 2.45) is 0 Å². The highest BCUT2D eigenvalue weighted by Crippen LogP contribution is 2.41. The third-order valence-electron chi connectivity index (χ3n) is 6.53. The Bertz CT molecular complexity index is 1210. The second kappa shape index (κ2) is 14.3. The fourth-order valence-corrected chi connectivity index (χ4v) is 4.51. The van der Waals surface area contributed by atoms with Gasteiger partial charge in [0.2, 0.25) is 0 Å². The minimum absolute atomic E-state index is 0.289. The number of benzene rings is 4. The number of hydrogen-bond donors (Lipinski definition) is 0. The van der Waals surface area contributed by atoms with Crippen molar-refractivity contribution in [1.29, 1.82) is 0 Å². The fraction of sp³-hybridized carbons (Fsp3) is 0.235. The first kappa shape index (κ1) is 28.1. The van der Waals surface area contributed by atoms with Crippen molar-refractivity contribution < 1.29 is 23.7 Å². The largest absolute Gasteiger partial charge is 0.497 e. The Morgan fingerprint density at radius 3 is 1.69 bits per heavy atom. The van der Waals surface area contributed by atoms with Gasteiger partial charge >= 0.3 is 0 Å². The molecule has 0 spiro atoms. The molecule has 1 atom stereocenters. The minimum Gasteiger partial charge on any atom is -0.497 e. The third-order valence-corrected chi connectivity index (χ3v) is 6.53. The van der Waals surface area contributed by atoms with Crippen LogP contribution in [0.4, 0.5) is 0 Å². The van der Waals surface area contributed by atoms with Gasteiger partial charge in [-0.05, 0) is 46.5 Å². The first-order chi connectivity index (χ1) is 19.2. The zero-order chi connectivity index (χ0) is 27.3. The van der Waals surface area contributed by atoms with Crippen molar-refractivity contribution in [3.05, 3.63) is 144 Å². The van der Waals surface area contributed by atoms with Crippen LogP contribution in [0.3, 0.4) is 0 Å². The SMILES string of the molecule is C=CCOC[C@H](COC(c1ccccc1)(c1ccc(OC)cc1)c1ccc(OC)cc1)OCc1ccccc1. The summed E-state index contributed by atoms with van der Waals surface area (Å²) in [4.78, 5) is 0. The van der Waals surface area contributed by atoms with Gasteiger partial charge in [-0.15, -0.1) is 6.58 Å². The van der Waals surface area contributed by atoms with Crippen LogP contribution in [-0.4, -0.2) is 40.1 Å². The lowest BCUT2D eigenvalue weighted by Crippen LogP contribution is -2.37. The molecule has 5 heteroatoms. The van der Waals surface area contributed by atoms with Gasteiger partial charge in [-0.2, -0.15) is 0 Å². The molecule has 0 aliphatic rings. The molecule has 0 unspecified atom stereocenters. The summed E-state index contributed by atoms with van der Waals surface area (Å²) in [6, 6.07) is 36.3. The van der Waals surface area contributed by atoms with E-state index < -0.39 is 5.60 Å². The van der Waals surface area contributed by atoms with Gasteiger partial charge in [0.15, 0.2) is 0 Å². The van der Waals surface area contributed by atoms with E-state index in [1.165, 1.54) is 0 Å². The van der Waals surface area contributed by atoms with Crippen molar-refractivity contribution in [2.45, 2.75) is 18.3 Å². The maximum atomic E-state index is 7.00. The standard InChI is InChI=1S/C34H36O5/c1-4-23-37-25-33(38-24-27-11-7-5-8-12-27)26-39-34(28-13-9-6-10-14-28,29-15-19-31(35-2)20-16-29)30-17-21-32(36-3)22-18-30/h4-22,33H,1,23-26H2,2-3H3/t33-/m1/s1. The lowest BCUT2D eigenvalue weighted by molar-refractivity contribution is -0.0942. The average Bonchev–Trinajstić information content (AvgIpc) is 3.01. The Labute approximate surface area is 231 Å². The van der Waals surface area contributed by atoms with Crippen LogP contribution in [-0.2, 0) is 26.4 Å². The van der Waals surface area contributed by atoms with Crippen molar-refractivity contribution in [3.8, 4) is 11.5 Å². The van der Waals surface area contributed by atoms with Gasteiger partial charge < -0.3 is 23.7 Å². The molecule has 0 saturated heterocycles. The molecule has 202 valence electrons. The third kappa shape index (κ3) is 7.15. The summed E-state index contributed by atoms with van der Waals surface area (Å²) in [5.74, 6) is 1.55. The second-order valence-corrected chi connectivity index (χ2v) is 9.06. The van der Waals surface area contributed by atoms with E-state index >= 15 is 0 Å². The van der Waals surface area contributed by atoms with E-state index in [2.05, 4.69) is 18.7 Å². The molecule has 4 aromatic rings. The number of methoxy groups -OCH3 is 2. The second-order valence-electron chi connectivity index (χ2n) is 9.06. The van der Waals surface area contributed by atoms with Gasteiger partial charge in [-0.1, -0.05) is 91.0 Å². The molecular formula is C34H36O5. The Kier molecular flexibility index (Phi) is 10.3. The summed E-state index contributed by atoms with van der Waals surface area (Å²) < 4.78 is 30.0. The highest BCUT2D eigenvalue weighted by Gasteiger charge is 2.38. The Hall–Kier alpha value is -3.90. The van der Waals surface area contributed by atoms with E-state index in [9.17, 15) is 0 Å². The summed E-state index contributed by atoms with van der Waals surface area (Å²) in [6.07, 6.45) is 1.42. The van der Waals surface area contributed by atoms with Gasteiger partial charge in [-0.3, -0.25) is 0 Å². The Morgan fingerprint density at radius 2 is 1.18 bits per heavy atom. The summed E-state index contributed by atoms with van der Waals surface area (Å²) in [5, 5.41) is 0. The van der Waals surface area contributed by atoms with Crippen molar-refractivity contribution in [1.82, 2.24) is 0 Å². The van der Waals surface area contributed by atoms with E-state index in [4.69, 9.17) is 23.7 Å². The van der Waals surface area contributed by atoms with Crippen LogP contribution in [0.25, 0.3) is 0 Å². The van der Waals surface area contributed by atoms with Crippen LogP contribution < -0.4 is 9.47 Å². The van der Waals surface area contributed by atoms with Crippen LogP contribution in [0.5, 0.6) is 11.5 Å². The number of hydrogen-bond acceptors (Lipinski definition) is 5. The smallest absolute Gasteiger partial charge is 0.143 e. The van der Waals surface area contributed by atoms with Gasteiger partial charge in [-0.25, -0.2) is 0 Å². The normalized spacial score (nSPS) is 12.1. The maximum absolute atomic E-state index is 7.00. The predicted octanol–water partition coefficient (Wildman–Crippen LogP) is 6.80. The molecule has 4 rings (SSSR count). The molecule has 0 bridgehead atoms. The zero-order valence-electron chi connectivity index (χ0n) is 22.6. The molecule has 0 amide bonds. The molecule has 0 fully saturated rings. The van der Waals surface area contributed by atoms with Crippen molar-refractivity contribution in [2.75, 3.05) is 34.0 Å². The van der Waals surface area contributed by atoms with Gasteiger partial charge in [0, 0.05) is 0 Å². The van der Waals surface area contributed by atoms with Gasteiger partial charge in [0.05, 0.1) is 40.6 Å². The van der Waals surface area contributed by atoms with Crippen LogP contribution in [0.15, 0.2) is 122 Å². The lowest BCUT2D eigenvalue weighted by Gasteiger charge is -2.37. The van der Waals surface area contributed by atoms with Crippen molar-refractivity contribution in [3.63, 3.8) is 0 Å². The van der Waals surface area contributed by atoms with Crippen LogP contribution in [0.1, 0.15) is 22.3 Å². The molecule has 5 nitrogen and oxygen atoms in total. The van der Waals surface area contributed by atoms with E-state index in [1.54, 1.807) is 20.3 Å². The molecule has 0 N–H and O–H groups in total. The Balaban J connectivity index is 1.73. The first-order valence-corrected chi connectivity index (χ1v) is 13.0. The van der Waals surface area contributed by atoms with E-state index in [-0.39, 0.29) is 12.7 Å². The molecule has 0 aliphatic carbocycles. The molecule has 0 heterocycles. The highest BCUT2D eigenvalue weighted by molar-refractivity contribution is 5.49. The average molecular weight is 525 g/mol. The van der Waals surface area contributed by atoms with Gasteiger partial charge in [0.1, 0.15) is 23.2 Å². The molecule has 39 heavy (non-hydrogen) atoms. The highest BCUT2D eigenvalue weighted by atomic mass is 16.6. The monoisotopic (exact) mass is 524 g/mol. The Morgan fingerprint density at radius 1 is 0.667 bits per heavy atom. The molecular weight excluding hydrogens is 488 g/mol. The quantitative estimate of drug-likeness (QED) is 0.0972. The molecule has 0 radical (unpaired) electrons. The summed E-state index contributed by atoms with van der Waals surface area (Å²) in [6.45, 7) is 5.32. The molecule has 0 aliphatic heterocycles. The molecule has 0 aromatic heterocycles. The van der Waals surface area contributed by atoms with Crippen LogP contribution in [0.2, 0.25) is 0 Å². The number of ether oxygens (including phenoxy) is 5. The van der Waals surface area contributed by atoms with Crippen LogP contribution >= 0.6 is 0 Å². The minimum atomic E-state index is -0.924. The number of rotatable bonds is 15. The maximum Gasteiger partial charge on any atom is 0.143 e.